The van der Waals surface area contributed by atoms with Crippen molar-refractivity contribution in [3.8, 4) is 11.5 Å². The molecule has 4 aliphatic rings. The monoisotopic (exact) mass is 736 g/mol. The number of amides is 4. The number of halogens is 4. The Bertz CT molecular complexity index is 1600. The molecule has 2 aliphatic heterocycles. The highest BCUT2D eigenvalue weighted by Crippen LogP contribution is 2.63. The third-order valence-electron chi connectivity index (χ3n) is 8.84. The van der Waals surface area contributed by atoms with Crippen LogP contribution in [0.25, 0.3) is 6.08 Å². The zero-order valence-electron chi connectivity index (χ0n) is 22.1. The Kier molecular flexibility index (Phi) is 7.36. The number of hydrogen-bond donors (Lipinski definition) is 1. The maximum atomic E-state index is 14.0. The molecular weight excluding hydrogens is 715 g/mol. The summed E-state index contributed by atoms with van der Waals surface area (Å²) in [5.41, 5.74) is 1.71. The molecule has 2 saturated heterocycles. The summed E-state index contributed by atoms with van der Waals surface area (Å²) in [5.74, 6) is -4.63. The fraction of sp³-hybridized carbons (Fsp3) is 0.333. The lowest BCUT2D eigenvalue weighted by Crippen LogP contribution is -2.60. The number of phenols is 1. The number of rotatable bonds is 5. The first kappa shape index (κ1) is 29.4. The molecule has 2 aliphatic carbocycles. The van der Waals surface area contributed by atoms with E-state index in [1.807, 2.05) is 6.08 Å². The maximum absolute atomic E-state index is 14.0. The van der Waals surface area contributed by atoms with Crippen molar-refractivity contribution in [1.29, 1.82) is 0 Å². The van der Waals surface area contributed by atoms with Gasteiger partial charge in [-0.2, -0.15) is 0 Å². The molecule has 3 fully saturated rings. The second-order valence-corrected chi connectivity index (χ2v) is 13.5. The van der Waals surface area contributed by atoms with Gasteiger partial charge in [-0.15, -0.1) is 23.2 Å². The summed E-state index contributed by atoms with van der Waals surface area (Å²) >= 11 is 21.0. The summed E-state index contributed by atoms with van der Waals surface area (Å²) in [7, 11) is 1.43. The first-order valence-corrected chi connectivity index (χ1v) is 15.8. The normalized spacial score (nSPS) is 32.3. The van der Waals surface area contributed by atoms with Crippen molar-refractivity contribution in [1.82, 2.24) is 4.90 Å². The quantitative estimate of drug-likeness (QED) is 0.185. The lowest BCUT2D eigenvalue weighted by molar-refractivity contribution is -0.138. The van der Waals surface area contributed by atoms with E-state index >= 15 is 0 Å². The summed E-state index contributed by atoms with van der Waals surface area (Å²) in [6, 6.07) is 11.7. The van der Waals surface area contributed by atoms with E-state index in [2.05, 4.69) is 31.9 Å². The van der Waals surface area contributed by atoms with Gasteiger partial charge in [0.05, 0.1) is 30.1 Å². The summed E-state index contributed by atoms with van der Waals surface area (Å²) < 4.78 is 6.03. The average Bonchev–Trinajstić information content (AvgIpc) is 3.31. The molecular formula is C30H24Br2Cl2N2O6. The molecule has 1 N–H and O–H groups in total. The van der Waals surface area contributed by atoms with Crippen LogP contribution in [-0.2, 0) is 19.2 Å². The number of imide groups is 2. The topological polar surface area (TPSA) is 104 Å². The van der Waals surface area contributed by atoms with Gasteiger partial charge in [-0.25, -0.2) is 0 Å². The number of carbonyl (C=O) groups excluding carboxylic acids is 4. The number of benzene rings is 2. The number of allylic oxidation sites excluding steroid dienone is 3. The largest absolute Gasteiger partial charge is 0.504 e. The van der Waals surface area contributed by atoms with Crippen LogP contribution in [-0.4, -0.2) is 55.9 Å². The SMILES string of the molecule is COc1cc(C=C[C@H]2C3=CC[C@@H]4C(=O)N(c5ccc(Br)cc5)C(=O)[C@@H]4[C@@H]3C[C@@]3(Cl)C(=O)N(CBr)C(=O)[C@@]23Cl)ccc1O. The third-order valence-corrected chi connectivity index (χ3v) is 11.3. The number of alkyl halides is 3. The van der Waals surface area contributed by atoms with Gasteiger partial charge in [0.2, 0.25) is 11.8 Å². The minimum Gasteiger partial charge on any atom is -0.504 e. The van der Waals surface area contributed by atoms with Crippen LogP contribution in [0, 0.1) is 23.7 Å². The Balaban J connectivity index is 1.46. The van der Waals surface area contributed by atoms with Crippen LogP contribution in [0.3, 0.4) is 0 Å². The van der Waals surface area contributed by atoms with E-state index in [-0.39, 0.29) is 41.6 Å². The van der Waals surface area contributed by atoms with Crippen LogP contribution in [0.15, 0.2) is 64.7 Å². The van der Waals surface area contributed by atoms with Crippen LogP contribution in [0.4, 0.5) is 5.69 Å². The number of aromatic hydroxyl groups is 1. The lowest BCUT2D eigenvalue weighted by atomic mass is 9.57. The van der Waals surface area contributed by atoms with Gasteiger partial charge >= 0.3 is 0 Å². The van der Waals surface area contributed by atoms with E-state index in [0.717, 1.165) is 9.37 Å². The van der Waals surface area contributed by atoms with Gasteiger partial charge in [-0.05, 0) is 60.7 Å². The highest BCUT2D eigenvalue weighted by Gasteiger charge is 2.75. The first-order valence-electron chi connectivity index (χ1n) is 13.2. The molecule has 1 saturated carbocycles. The van der Waals surface area contributed by atoms with Gasteiger partial charge in [0.1, 0.15) is 0 Å². The molecule has 2 aromatic carbocycles. The zero-order valence-corrected chi connectivity index (χ0v) is 26.8. The van der Waals surface area contributed by atoms with Gasteiger partial charge < -0.3 is 9.84 Å². The Morgan fingerprint density at radius 2 is 1.76 bits per heavy atom. The molecule has 0 aromatic heterocycles. The lowest BCUT2D eigenvalue weighted by Gasteiger charge is -2.49. The van der Waals surface area contributed by atoms with Crippen molar-refractivity contribution in [2.75, 3.05) is 17.5 Å². The van der Waals surface area contributed by atoms with Crippen molar-refractivity contribution < 1.29 is 29.0 Å². The molecule has 12 heteroatoms. The highest BCUT2D eigenvalue weighted by molar-refractivity contribution is 9.10. The number of nitrogens with zero attached hydrogens (tertiary/aromatic N) is 2. The van der Waals surface area contributed by atoms with E-state index in [1.54, 1.807) is 48.6 Å². The van der Waals surface area contributed by atoms with Crippen molar-refractivity contribution in [3.63, 3.8) is 0 Å². The van der Waals surface area contributed by atoms with E-state index < -0.39 is 45.2 Å². The first-order chi connectivity index (χ1) is 20.0. The second-order valence-electron chi connectivity index (χ2n) is 10.8. The van der Waals surface area contributed by atoms with E-state index in [1.165, 1.54) is 18.1 Å². The van der Waals surface area contributed by atoms with Crippen LogP contribution in [0.2, 0.25) is 0 Å². The fourth-order valence-corrected chi connectivity index (χ4v) is 8.50. The number of anilines is 1. The molecule has 0 unspecified atom stereocenters. The van der Waals surface area contributed by atoms with Crippen molar-refractivity contribution in [2.24, 2.45) is 23.7 Å². The fourth-order valence-electron chi connectivity index (χ4n) is 6.85. The third kappa shape index (κ3) is 4.05. The smallest absolute Gasteiger partial charge is 0.254 e. The van der Waals surface area contributed by atoms with E-state index in [4.69, 9.17) is 27.9 Å². The van der Waals surface area contributed by atoms with E-state index in [0.29, 0.717) is 16.8 Å². The molecule has 0 spiro atoms. The standard InChI is InChI=1S/C30H24Br2Cl2N2O6/c1-42-23-12-15(3-11-22(23)37)2-10-21-18-8-9-19-24(26(39)36(25(19)38)17-6-4-16(32)5-7-17)20(18)13-29(33)27(40)35(14-31)28(41)30(21,29)34/h2-8,10-12,19-21,24,37H,9,13-14H2,1H3/t19-,20+,21-,24-,29+,30-/m0/s1. The van der Waals surface area contributed by atoms with Crippen LogP contribution in [0.5, 0.6) is 11.5 Å². The Morgan fingerprint density at radius 1 is 1.05 bits per heavy atom. The molecule has 6 atom stereocenters. The van der Waals surface area contributed by atoms with Gasteiger partial charge in [0.25, 0.3) is 11.8 Å². The van der Waals surface area contributed by atoms with Crippen molar-refractivity contribution >= 4 is 90.5 Å². The van der Waals surface area contributed by atoms with Gasteiger partial charge in [0, 0.05) is 10.4 Å². The van der Waals surface area contributed by atoms with Crippen molar-refractivity contribution in [3.05, 3.63) is 70.2 Å². The van der Waals surface area contributed by atoms with Gasteiger partial charge in [-0.1, -0.05) is 61.7 Å². The highest BCUT2D eigenvalue weighted by atomic mass is 79.9. The molecule has 218 valence electrons. The van der Waals surface area contributed by atoms with Crippen LogP contribution < -0.4 is 9.64 Å². The number of carbonyl (C=O) groups is 4. The summed E-state index contributed by atoms with van der Waals surface area (Å²) in [6.07, 6.45) is 5.50. The maximum Gasteiger partial charge on any atom is 0.254 e. The van der Waals surface area contributed by atoms with Crippen LogP contribution >= 0.6 is 55.1 Å². The Hall–Kier alpha value is -2.66. The molecule has 0 radical (unpaired) electrons. The number of hydrogen-bond acceptors (Lipinski definition) is 6. The summed E-state index contributed by atoms with van der Waals surface area (Å²) in [6.45, 7) is 0. The van der Waals surface area contributed by atoms with Gasteiger partial charge in [-0.3, -0.25) is 29.0 Å². The summed E-state index contributed by atoms with van der Waals surface area (Å²) in [4.78, 5) is 53.5. The minimum absolute atomic E-state index is 0.0359. The minimum atomic E-state index is -1.87. The second kappa shape index (κ2) is 10.5. The molecule has 2 heterocycles. The summed E-state index contributed by atoms with van der Waals surface area (Å²) in [5, 5.41) is 10.0. The molecule has 4 amide bonds. The zero-order chi connectivity index (χ0) is 30.1. The molecule has 0 bridgehead atoms. The number of methoxy groups -OCH3 is 1. The Morgan fingerprint density at radius 3 is 2.43 bits per heavy atom. The number of ether oxygens (including phenoxy) is 1. The predicted octanol–water partition coefficient (Wildman–Crippen LogP) is 5.62. The molecule has 6 rings (SSSR count). The van der Waals surface area contributed by atoms with Crippen molar-refractivity contribution in [2.45, 2.75) is 22.6 Å². The Labute approximate surface area is 268 Å². The predicted molar refractivity (Wildman–Crippen MR) is 164 cm³/mol. The molecule has 8 nitrogen and oxygen atoms in total. The number of likely N-dealkylation sites (tertiary alicyclic amines) is 1. The number of phenolic OH excluding ortho intramolecular Hbond substituents is 1. The average molecular weight is 739 g/mol. The van der Waals surface area contributed by atoms with Gasteiger partial charge in [0.15, 0.2) is 21.2 Å². The van der Waals surface area contributed by atoms with E-state index in [9.17, 15) is 24.3 Å². The van der Waals surface area contributed by atoms with Crippen LogP contribution in [0.1, 0.15) is 18.4 Å². The number of fused-ring (bicyclic) bond motifs is 4. The molecule has 2 aromatic rings. The molecule has 42 heavy (non-hydrogen) atoms.